The maximum absolute atomic E-state index is 10.3. The molecule has 0 aromatic heterocycles. The van der Waals surface area contributed by atoms with Crippen LogP contribution in [-0.4, -0.2) is 91.5 Å². The number of hydrogen-bond donors (Lipinski definition) is 2. The van der Waals surface area contributed by atoms with E-state index in [2.05, 4.69) is 55.2 Å². The Morgan fingerprint density at radius 2 is 1.53 bits per heavy atom. The first-order valence-electron chi connectivity index (χ1n) is 11.6. The minimum Gasteiger partial charge on any atom is -0.389 e. The molecule has 4 atom stereocenters. The summed E-state index contributed by atoms with van der Waals surface area (Å²) in [7, 11) is 0. The van der Waals surface area contributed by atoms with Gasteiger partial charge in [0.2, 0.25) is 0 Å². The molecular weight excluding hydrogens is 430 g/mol. The van der Waals surface area contributed by atoms with Gasteiger partial charge in [-0.2, -0.15) is 0 Å². The van der Waals surface area contributed by atoms with Crippen LogP contribution in [-0.2, 0) is 14.2 Å². The number of aliphatic hydroxyl groups excluding tert-OH is 2. The van der Waals surface area contributed by atoms with Gasteiger partial charge in [-0.25, -0.2) is 0 Å². The van der Waals surface area contributed by atoms with E-state index >= 15 is 0 Å². The van der Waals surface area contributed by atoms with E-state index in [1.54, 1.807) is 0 Å². The maximum atomic E-state index is 10.3. The molecule has 0 aromatic rings. The lowest BCUT2D eigenvalue weighted by molar-refractivity contribution is -0.0255. The van der Waals surface area contributed by atoms with E-state index in [-0.39, 0.29) is 30.1 Å². The van der Waals surface area contributed by atoms with Crippen LogP contribution in [0.25, 0.3) is 0 Å². The number of ether oxygens (including phenoxy) is 3. The van der Waals surface area contributed by atoms with Crippen LogP contribution in [0.3, 0.4) is 0 Å². The summed E-state index contributed by atoms with van der Waals surface area (Å²) >= 11 is 5.62. The first-order valence-corrected chi connectivity index (χ1v) is 12.1. The summed E-state index contributed by atoms with van der Waals surface area (Å²) in [5.74, 6) is 0.183. The maximum Gasteiger partial charge on any atom is 0.0908 e. The molecule has 0 spiro atoms. The SMILES string of the molecule is CC(C)(C1=CCC(OC[C@@H](O)CCl)C=C1)C1=CCC(OC[C@H](O)CN2CCOCC2)C=C1. The summed E-state index contributed by atoms with van der Waals surface area (Å²) in [6.07, 6.45) is 13.4. The van der Waals surface area contributed by atoms with Gasteiger partial charge >= 0.3 is 0 Å². The number of aliphatic hydroxyl groups is 2. The fourth-order valence-corrected chi connectivity index (χ4v) is 4.28. The molecule has 1 fully saturated rings. The Bertz CT molecular complexity index is 711. The summed E-state index contributed by atoms with van der Waals surface area (Å²) < 4.78 is 17.0. The molecule has 2 N–H and O–H groups in total. The molecular formula is C25H38ClNO5. The quantitative estimate of drug-likeness (QED) is 0.455. The van der Waals surface area contributed by atoms with E-state index in [1.807, 2.05) is 0 Å². The zero-order valence-corrected chi connectivity index (χ0v) is 20.0. The third-order valence-electron chi connectivity index (χ3n) is 6.32. The average Bonchev–Trinajstić information content (AvgIpc) is 2.82. The van der Waals surface area contributed by atoms with E-state index in [0.29, 0.717) is 13.2 Å². The van der Waals surface area contributed by atoms with Gasteiger partial charge in [0.25, 0.3) is 0 Å². The fourth-order valence-electron chi connectivity index (χ4n) is 4.19. The molecule has 7 heteroatoms. The molecule has 0 aromatic carbocycles. The van der Waals surface area contributed by atoms with Crippen molar-refractivity contribution < 1.29 is 24.4 Å². The molecule has 32 heavy (non-hydrogen) atoms. The average molecular weight is 468 g/mol. The number of morpholine rings is 1. The largest absolute Gasteiger partial charge is 0.389 e. The molecule has 2 aliphatic carbocycles. The van der Waals surface area contributed by atoms with Crippen molar-refractivity contribution in [3.63, 3.8) is 0 Å². The van der Waals surface area contributed by atoms with Gasteiger partial charge in [-0.3, -0.25) is 4.90 Å². The van der Waals surface area contributed by atoms with E-state index in [1.165, 1.54) is 11.1 Å². The van der Waals surface area contributed by atoms with Gasteiger partial charge in [-0.15, -0.1) is 11.6 Å². The molecule has 0 bridgehead atoms. The Hall–Kier alpha value is -0.990. The van der Waals surface area contributed by atoms with Crippen LogP contribution in [0.15, 0.2) is 47.6 Å². The van der Waals surface area contributed by atoms with Gasteiger partial charge in [0, 0.05) is 25.0 Å². The number of allylic oxidation sites excluding steroid dienone is 4. The van der Waals surface area contributed by atoms with Gasteiger partial charge < -0.3 is 24.4 Å². The number of nitrogens with zero attached hydrogens (tertiary/aromatic N) is 1. The Labute approximate surface area is 197 Å². The number of rotatable bonds is 11. The van der Waals surface area contributed by atoms with Crippen molar-refractivity contribution in [1.29, 1.82) is 0 Å². The summed E-state index contributed by atoms with van der Waals surface area (Å²) in [6.45, 7) is 8.88. The van der Waals surface area contributed by atoms with Gasteiger partial charge in [0.1, 0.15) is 0 Å². The molecule has 180 valence electrons. The van der Waals surface area contributed by atoms with Crippen molar-refractivity contribution in [2.75, 3.05) is 51.9 Å². The van der Waals surface area contributed by atoms with Gasteiger partial charge in [-0.05, 0) is 24.0 Å². The molecule has 1 saturated heterocycles. The molecule has 6 nitrogen and oxygen atoms in total. The number of β-amino-alcohol motifs (C(OH)–C–C–N with tert-alkyl or cyclic N) is 1. The third kappa shape index (κ3) is 7.52. The van der Waals surface area contributed by atoms with Crippen molar-refractivity contribution in [3.05, 3.63) is 47.6 Å². The number of halogens is 1. The normalized spacial score (nSPS) is 26.5. The Balaban J connectivity index is 1.43. The van der Waals surface area contributed by atoms with E-state index in [0.717, 1.165) is 39.1 Å². The highest BCUT2D eigenvalue weighted by molar-refractivity contribution is 6.18. The van der Waals surface area contributed by atoms with E-state index in [4.69, 9.17) is 25.8 Å². The molecule has 3 aliphatic rings. The molecule has 1 heterocycles. The zero-order chi connectivity index (χ0) is 23.0. The monoisotopic (exact) mass is 467 g/mol. The molecule has 0 radical (unpaired) electrons. The standard InChI is InChI=1S/C25H38ClNO5/c1-25(2,19-3-7-23(8-4-19)31-17-21(28)15-26)20-5-9-24(10-6-20)32-18-22(29)16-27-11-13-30-14-12-27/h3-7,9,21-24,28-29H,8,10-18H2,1-2H3/t21-,22+,23?,24?/m0/s1. The Kier molecular flexibility index (Phi) is 9.98. The lowest BCUT2D eigenvalue weighted by atomic mass is 9.73. The fraction of sp³-hybridized carbons (Fsp3) is 0.680. The van der Waals surface area contributed by atoms with E-state index in [9.17, 15) is 10.2 Å². The zero-order valence-electron chi connectivity index (χ0n) is 19.3. The number of alkyl halides is 1. The van der Waals surface area contributed by atoms with Crippen molar-refractivity contribution in [1.82, 2.24) is 4.90 Å². The lowest BCUT2D eigenvalue weighted by Gasteiger charge is -2.33. The molecule has 3 rings (SSSR count). The van der Waals surface area contributed by atoms with Crippen molar-refractivity contribution in [3.8, 4) is 0 Å². The first-order chi connectivity index (χ1) is 15.4. The van der Waals surface area contributed by atoms with Crippen LogP contribution >= 0.6 is 11.6 Å². The summed E-state index contributed by atoms with van der Waals surface area (Å²) in [6, 6.07) is 0. The lowest BCUT2D eigenvalue weighted by Crippen LogP contribution is -2.42. The van der Waals surface area contributed by atoms with Gasteiger partial charge in [-0.1, -0.05) is 50.3 Å². The van der Waals surface area contributed by atoms with Crippen LogP contribution in [0.1, 0.15) is 26.7 Å². The summed E-state index contributed by atoms with van der Waals surface area (Å²) in [4.78, 5) is 2.22. The Morgan fingerprint density at radius 3 is 2.00 bits per heavy atom. The molecule has 0 saturated carbocycles. The highest BCUT2D eigenvalue weighted by Crippen LogP contribution is 2.40. The van der Waals surface area contributed by atoms with Crippen LogP contribution < -0.4 is 0 Å². The predicted octanol–water partition coefficient (Wildman–Crippen LogP) is 2.85. The predicted molar refractivity (Wildman–Crippen MR) is 127 cm³/mol. The van der Waals surface area contributed by atoms with Crippen molar-refractivity contribution in [2.24, 2.45) is 5.41 Å². The van der Waals surface area contributed by atoms with Crippen molar-refractivity contribution in [2.45, 2.75) is 51.1 Å². The smallest absolute Gasteiger partial charge is 0.0908 e. The second-order valence-corrected chi connectivity index (χ2v) is 9.56. The summed E-state index contributed by atoms with van der Waals surface area (Å²) in [5.41, 5.74) is 2.40. The molecule has 1 aliphatic heterocycles. The van der Waals surface area contributed by atoms with Crippen LogP contribution in [0.2, 0.25) is 0 Å². The summed E-state index contributed by atoms with van der Waals surface area (Å²) in [5, 5.41) is 19.9. The minimum atomic E-state index is -0.625. The third-order valence-corrected chi connectivity index (χ3v) is 6.68. The Morgan fingerprint density at radius 1 is 1.00 bits per heavy atom. The van der Waals surface area contributed by atoms with Crippen molar-refractivity contribution >= 4 is 11.6 Å². The van der Waals surface area contributed by atoms with Gasteiger partial charge in [0.05, 0.1) is 56.7 Å². The van der Waals surface area contributed by atoms with Crippen LogP contribution in [0.4, 0.5) is 0 Å². The first kappa shape index (κ1) is 25.6. The topological polar surface area (TPSA) is 71.4 Å². The van der Waals surface area contributed by atoms with Crippen LogP contribution in [0.5, 0.6) is 0 Å². The van der Waals surface area contributed by atoms with Gasteiger partial charge in [0.15, 0.2) is 0 Å². The van der Waals surface area contributed by atoms with Crippen LogP contribution in [0, 0.1) is 5.41 Å². The highest BCUT2D eigenvalue weighted by atomic mass is 35.5. The van der Waals surface area contributed by atoms with E-state index < -0.39 is 12.2 Å². The molecule has 0 amide bonds. The number of hydrogen-bond acceptors (Lipinski definition) is 6. The minimum absolute atomic E-state index is 0.00379. The molecule has 2 unspecified atom stereocenters. The highest BCUT2D eigenvalue weighted by Gasteiger charge is 2.29. The second-order valence-electron chi connectivity index (χ2n) is 9.25. The second kappa shape index (κ2) is 12.5.